The monoisotopic (exact) mass is 418 g/mol. The molecule has 1 amide bonds. The van der Waals surface area contributed by atoms with Gasteiger partial charge >= 0.3 is 0 Å². The third kappa shape index (κ3) is 5.06. The number of benzene rings is 2. The summed E-state index contributed by atoms with van der Waals surface area (Å²) >= 11 is 0. The predicted molar refractivity (Wildman–Crippen MR) is 106 cm³/mol. The van der Waals surface area contributed by atoms with Gasteiger partial charge in [-0.1, -0.05) is 0 Å². The topological polar surface area (TPSA) is 146 Å². The largest absolute Gasteiger partial charge is 0.343 e. The highest BCUT2D eigenvalue weighted by atomic mass is 32.2. The Bertz CT molecular complexity index is 1050. The number of non-ortho nitro benzene ring substituents is 1. The first-order valence-electron chi connectivity index (χ1n) is 8.40. The number of hydrogen-bond donors (Lipinski definition) is 3. The SMILES string of the molecule is CN1CN=C(NS(=O)(=O)c2ccc(NC(=O)c3ccc([N+](=O)[O-])cc3)cc2)NC1. The molecule has 152 valence electrons. The van der Waals surface area contributed by atoms with Gasteiger partial charge in [-0.2, -0.15) is 0 Å². The zero-order chi connectivity index (χ0) is 21.0. The van der Waals surface area contributed by atoms with Gasteiger partial charge in [-0.3, -0.25) is 19.8 Å². The molecule has 1 aliphatic heterocycles. The van der Waals surface area contributed by atoms with E-state index in [1.807, 2.05) is 11.9 Å². The van der Waals surface area contributed by atoms with Crippen LogP contribution in [0.15, 0.2) is 58.4 Å². The minimum absolute atomic E-state index is 0.00858. The molecule has 0 atom stereocenters. The lowest BCUT2D eigenvalue weighted by Gasteiger charge is -2.23. The quantitative estimate of drug-likeness (QED) is 0.483. The molecule has 29 heavy (non-hydrogen) atoms. The maximum Gasteiger partial charge on any atom is 0.269 e. The number of carbonyl (C=O) groups excluding carboxylic acids is 1. The predicted octanol–water partition coefficient (Wildman–Crippen LogP) is 0.931. The smallest absolute Gasteiger partial charge is 0.269 e. The second-order valence-corrected chi connectivity index (χ2v) is 7.91. The number of guanidine groups is 1. The van der Waals surface area contributed by atoms with E-state index in [1.165, 1.54) is 48.5 Å². The standard InChI is InChI=1S/C17H18N6O5S/c1-22-10-18-17(19-11-22)21-29(27,28)15-8-4-13(5-9-15)20-16(24)12-2-6-14(7-3-12)23(25)26/h2-9H,10-11H2,1H3,(H,20,24)(H2,18,19,21). The second kappa shape index (κ2) is 8.24. The van der Waals surface area contributed by atoms with Crippen LogP contribution in [0.25, 0.3) is 0 Å². The molecule has 0 unspecified atom stereocenters. The van der Waals surface area contributed by atoms with E-state index in [4.69, 9.17) is 0 Å². The van der Waals surface area contributed by atoms with Crippen LogP contribution in [0.1, 0.15) is 10.4 Å². The molecule has 0 aromatic heterocycles. The molecule has 3 N–H and O–H groups in total. The normalized spacial score (nSPS) is 14.4. The van der Waals surface area contributed by atoms with Crippen molar-refractivity contribution in [3.05, 3.63) is 64.2 Å². The van der Waals surface area contributed by atoms with E-state index >= 15 is 0 Å². The fourth-order valence-electron chi connectivity index (χ4n) is 2.42. The zero-order valence-corrected chi connectivity index (χ0v) is 16.1. The summed E-state index contributed by atoms with van der Waals surface area (Å²) in [5.41, 5.74) is 0.495. The molecule has 1 heterocycles. The first-order chi connectivity index (χ1) is 13.7. The molecule has 0 aliphatic carbocycles. The summed E-state index contributed by atoms with van der Waals surface area (Å²) in [7, 11) is -1.99. The van der Waals surface area contributed by atoms with Crippen LogP contribution in [-0.4, -0.2) is 50.5 Å². The maximum atomic E-state index is 12.4. The number of sulfonamides is 1. The van der Waals surface area contributed by atoms with Crippen LogP contribution in [-0.2, 0) is 10.0 Å². The Morgan fingerprint density at radius 2 is 1.83 bits per heavy atom. The van der Waals surface area contributed by atoms with Gasteiger partial charge in [0.2, 0.25) is 5.96 Å². The fourth-order valence-corrected chi connectivity index (χ4v) is 3.42. The Balaban J connectivity index is 1.66. The van der Waals surface area contributed by atoms with E-state index in [0.717, 1.165) is 0 Å². The molecule has 12 heteroatoms. The molecule has 3 rings (SSSR count). The van der Waals surface area contributed by atoms with Crippen molar-refractivity contribution in [2.24, 2.45) is 4.99 Å². The van der Waals surface area contributed by atoms with Crippen molar-refractivity contribution in [1.82, 2.24) is 14.9 Å². The van der Waals surface area contributed by atoms with Crippen LogP contribution in [0.4, 0.5) is 11.4 Å². The minimum atomic E-state index is -3.83. The summed E-state index contributed by atoms with van der Waals surface area (Å²) in [5, 5.41) is 16.1. The number of carbonyl (C=O) groups is 1. The van der Waals surface area contributed by atoms with E-state index in [9.17, 15) is 23.3 Å². The molecule has 0 fully saturated rings. The minimum Gasteiger partial charge on any atom is -0.343 e. The zero-order valence-electron chi connectivity index (χ0n) is 15.3. The second-order valence-electron chi connectivity index (χ2n) is 6.23. The van der Waals surface area contributed by atoms with Crippen LogP contribution in [0.5, 0.6) is 0 Å². The molecule has 2 aromatic carbocycles. The number of nitro groups is 1. The molecular formula is C17H18N6O5S. The van der Waals surface area contributed by atoms with E-state index in [0.29, 0.717) is 19.0 Å². The molecule has 0 saturated carbocycles. The van der Waals surface area contributed by atoms with E-state index in [1.54, 1.807) is 0 Å². The van der Waals surface area contributed by atoms with E-state index < -0.39 is 20.9 Å². The lowest BCUT2D eigenvalue weighted by Crippen LogP contribution is -2.48. The average Bonchev–Trinajstić information content (AvgIpc) is 2.70. The van der Waals surface area contributed by atoms with Gasteiger partial charge in [0.1, 0.15) is 0 Å². The highest BCUT2D eigenvalue weighted by Crippen LogP contribution is 2.17. The summed E-state index contributed by atoms with van der Waals surface area (Å²) in [6, 6.07) is 10.7. The number of nitro benzene ring substituents is 1. The van der Waals surface area contributed by atoms with Crippen molar-refractivity contribution in [3.8, 4) is 0 Å². The Morgan fingerprint density at radius 3 is 2.38 bits per heavy atom. The summed E-state index contributed by atoms with van der Waals surface area (Å²) < 4.78 is 27.2. The van der Waals surface area contributed by atoms with Crippen molar-refractivity contribution in [3.63, 3.8) is 0 Å². The first kappa shape index (κ1) is 20.2. The lowest BCUT2D eigenvalue weighted by atomic mass is 10.2. The van der Waals surface area contributed by atoms with Crippen LogP contribution < -0.4 is 15.4 Å². The molecule has 0 radical (unpaired) electrons. The van der Waals surface area contributed by atoms with Gasteiger partial charge < -0.3 is 10.6 Å². The Morgan fingerprint density at radius 1 is 1.17 bits per heavy atom. The number of nitrogens with zero attached hydrogens (tertiary/aromatic N) is 3. The third-order valence-corrected chi connectivity index (χ3v) is 5.34. The van der Waals surface area contributed by atoms with Crippen LogP contribution in [0.3, 0.4) is 0 Å². The average molecular weight is 418 g/mol. The molecule has 0 spiro atoms. The van der Waals surface area contributed by atoms with Gasteiger partial charge in [0, 0.05) is 23.4 Å². The number of aliphatic imine (C=N–C) groups is 1. The van der Waals surface area contributed by atoms with Gasteiger partial charge in [-0.15, -0.1) is 0 Å². The van der Waals surface area contributed by atoms with Crippen LogP contribution in [0, 0.1) is 10.1 Å². The van der Waals surface area contributed by atoms with E-state index in [-0.39, 0.29) is 22.1 Å². The Hall–Kier alpha value is -3.51. The number of hydrogen-bond acceptors (Lipinski definition) is 8. The lowest BCUT2D eigenvalue weighted by molar-refractivity contribution is -0.384. The first-order valence-corrected chi connectivity index (χ1v) is 9.88. The Labute approximate surface area is 166 Å². The Kier molecular flexibility index (Phi) is 5.75. The molecule has 1 aliphatic rings. The summed E-state index contributed by atoms with van der Waals surface area (Å²) in [4.78, 5) is 28.3. The van der Waals surface area contributed by atoms with Crippen LogP contribution in [0.2, 0.25) is 0 Å². The van der Waals surface area contributed by atoms with Crippen molar-refractivity contribution in [2.45, 2.75) is 4.90 Å². The van der Waals surface area contributed by atoms with Gasteiger partial charge in [0.15, 0.2) is 0 Å². The van der Waals surface area contributed by atoms with Crippen molar-refractivity contribution >= 4 is 33.3 Å². The molecule has 11 nitrogen and oxygen atoms in total. The molecule has 2 aromatic rings. The number of rotatable bonds is 5. The van der Waals surface area contributed by atoms with Crippen molar-refractivity contribution in [2.75, 3.05) is 25.7 Å². The number of amides is 1. The van der Waals surface area contributed by atoms with Crippen molar-refractivity contribution < 1.29 is 18.1 Å². The number of nitrogens with one attached hydrogen (secondary N) is 3. The summed E-state index contributed by atoms with van der Waals surface area (Å²) in [5.74, 6) is -0.308. The van der Waals surface area contributed by atoms with Gasteiger partial charge in [0.05, 0.1) is 23.2 Å². The van der Waals surface area contributed by atoms with Crippen LogP contribution >= 0.6 is 0 Å². The highest BCUT2D eigenvalue weighted by molar-refractivity contribution is 7.90. The van der Waals surface area contributed by atoms with Gasteiger partial charge in [0.25, 0.3) is 21.6 Å². The van der Waals surface area contributed by atoms with Gasteiger partial charge in [-0.05, 0) is 43.4 Å². The molecular weight excluding hydrogens is 400 g/mol. The highest BCUT2D eigenvalue weighted by Gasteiger charge is 2.18. The fraction of sp³-hybridized carbons (Fsp3) is 0.176. The van der Waals surface area contributed by atoms with E-state index in [2.05, 4.69) is 20.3 Å². The summed E-state index contributed by atoms with van der Waals surface area (Å²) in [6.45, 7) is 0.841. The molecule has 0 bridgehead atoms. The summed E-state index contributed by atoms with van der Waals surface area (Å²) in [6.07, 6.45) is 0. The van der Waals surface area contributed by atoms with Crippen molar-refractivity contribution in [1.29, 1.82) is 0 Å². The third-order valence-electron chi connectivity index (χ3n) is 3.98. The maximum absolute atomic E-state index is 12.4. The number of anilines is 1. The molecule has 0 saturated heterocycles. The van der Waals surface area contributed by atoms with Gasteiger partial charge in [-0.25, -0.2) is 18.1 Å².